The molecule has 2 aromatic rings. The Labute approximate surface area is 177 Å². The zero-order valence-corrected chi connectivity index (χ0v) is 17.5. The second-order valence-corrected chi connectivity index (χ2v) is 8.05. The number of hydrogen-bond donors (Lipinski definition) is 1. The van der Waals surface area contributed by atoms with Crippen LogP contribution in [0.15, 0.2) is 77.1 Å². The number of benzene rings is 2. The maximum Gasteiger partial charge on any atom is 0.336 e. The number of rotatable bonds is 5. The summed E-state index contributed by atoms with van der Waals surface area (Å²) in [6, 6.07) is 18.1. The highest BCUT2D eigenvalue weighted by Crippen LogP contribution is 2.42. The molecule has 30 heavy (non-hydrogen) atoms. The van der Waals surface area contributed by atoms with Gasteiger partial charge in [0.2, 0.25) is 0 Å². The summed E-state index contributed by atoms with van der Waals surface area (Å²) in [7, 11) is 0. The molecule has 2 aromatic carbocycles. The van der Waals surface area contributed by atoms with Gasteiger partial charge in [-0.2, -0.15) is 0 Å². The van der Waals surface area contributed by atoms with E-state index in [1.165, 1.54) is 0 Å². The van der Waals surface area contributed by atoms with Crippen LogP contribution in [0.5, 0.6) is 0 Å². The fraction of sp³-hybridized carbons (Fsp3) is 0.308. The van der Waals surface area contributed by atoms with Crippen molar-refractivity contribution in [3.8, 4) is 0 Å². The van der Waals surface area contributed by atoms with Gasteiger partial charge in [-0.15, -0.1) is 0 Å². The predicted molar refractivity (Wildman–Crippen MR) is 117 cm³/mol. The van der Waals surface area contributed by atoms with Crippen LogP contribution in [0.2, 0.25) is 0 Å². The third-order valence-corrected chi connectivity index (χ3v) is 5.87. The first kappa shape index (κ1) is 20.1. The molecule has 0 unspecified atom stereocenters. The Hall–Kier alpha value is -3.14. The van der Waals surface area contributed by atoms with Crippen molar-refractivity contribution in [1.29, 1.82) is 0 Å². The second-order valence-electron chi connectivity index (χ2n) is 8.05. The van der Waals surface area contributed by atoms with Crippen LogP contribution in [-0.2, 0) is 20.7 Å². The summed E-state index contributed by atoms with van der Waals surface area (Å²) in [6.07, 6.45) is 2.86. The molecule has 0 saturated carbocycles. The molecule has 0 amide bonds. The molecular weight excluding hydrogens is 374 g/mol. The minimum absolute atomic E-state index is 0.122. The molecule has 1 aliphatic heterocycles. The lowest BCUT2D eigenvalue weighted by Gasteiger charge is -2.34. The summed E-state index contributed by atoms with van der Waals surface area (Å²) >= 11 is 0. The van der Waals surface area contributed by atoms with Crippen LogP contribution in [0, 0.1) is 6.92 Å². The number of esters is 1. The van der Waals surface area contributed by atoms with E-state index in [2.05, 4.69) is 5.32 Å². The molecule has 1 aliphatic carbocycles. The van der Waals surface area contributed by atoms with Crippen molar-refractivity contribution in [2.45, 2.75) is 45.4 Å². The number of hydrogen-bond acceptors (Lipinski definition) is 4. The second kappa shape index (κ2) is 8.70. The summed E-state index contributed by atoms with van der Waals surface area (Å²) in [4.78, 5) is 26.1. The van der Waals surface area contributed by atoms with Gasteiger partial charge in [0.1, 0.15) is 0 Å². The summed E-state index contributed by atoms with van der Waals surface area (Å²) in [5.74, 6) is -0.610. The quantitative estimate of drug-likeness (QED) is 0.735. The molecule has 1 atom stereocenters. The number of Topliss-reactive ketones (excluding diaryl/α,β-unsaturated/α-hetero) is 1. The van der Waals surface area contributed by atoms with Crippen molar-refractivity contribution in [2.75, 3.05) is 6.61 Å². The molecule has 1 N–H and O–H groups in total. The Kier molecular flexibility index (Phi) is 5.84. The molecule has 0 saturated heterocycles. The zero-order valence-electron chi connectivity index (χ0n) is 17.5. The van der Waals surface area contributed by atoms with Gasteiger partial charge in [0.15, 0.2) is 5.78 Å². The minimum Gasteiger partial charge on any atom is -0.462 e. The van der Waals surface area contributed by atoms with Crippen molar-refractivity contribution in [2.24, 2.45) is 0 Å². The molecule has 154 valence electrons. The van der Waals surface area contributed by atoms with Crippen LogP contribution >= 0.6 is 0 Å². The molecule has 4 rings (SSSR count). The number of allylic oxidation sites excluding steroid dienone is 3. The lowest BCUT2D eigenvalue weighted by Crippen LogP contribution is -2.34. The first-order valence-corrected chi connectivity index (χ1v) is 10.6. The van der Waals surface area contributed by atoms with E-state index < -0.39 is 0 Å². The average molecular weight is 402 g/mol. The molecular formula is C26H27NO3. The molecule has 0 bridgehead atoms. The third kappa shape index (κ3) is 4.09. The van der Waals surface area contributed by atoms with Gasteiger partial charge in [-0.25, -0.2) is 4.79 Å². The fourth-order valence-corrected chi connectivity index (χ4v) is 4.33. The normalized spacial score (nSPS) is 18.7. The number of aryl methyl sites for hydroxylation is 1. The number of dihydropyridines is 1. The molecule has 4 heteroatoms. The molecule has 2 aliphatic rings. The molecule has 0 fully saturated rings. The maximum atomic E-state index is 13.2. The Balaban J connectivity index is 1.63. The van der Waals surface area contributed by atoms with Gasteiger partial charge in [-0.1, -0.05) is 60.2 Å². The van der Waals surface area contributed by atoms with E-state index in [0.29, 0.717) is 25.0 Å². The predicted octanol–water partition coefficient (Wildman–Crippen LogP) is 4.75. The van der Waals surface area contributed by atoms with Crippen LogP contribution in [0.1, 0.15) is 48.8 Å². The summed E-state index contributed by atoms with van der Waals surface area (Å²) in [5.41, 5.74) is 6.23. The number of nitrogens with one attached hydrogen (secondary N) is 1. The van der Waals surface area contributed by atoms with Crippen molar-refractivity contribution in [3.05, 3.63) is 93.8 Å². The standard InChI is InChI=1S/C26H27NO3/c1-17-11-13-20(14-12-17)24-23(18(2)27-21-9-6-10-22(28)25(21)24)26(29)30-16-15-19-7-4-3-5-8-19/h3-5,7-8,11-14,24,27H,6,9-10,15-16H2,1-2H3/t24-/m1/s1. The van der Waals surface area contributed by atoms with Gasteiger partial charge < -0.3 is 10.1 Å². The van der Waals surface area contributed by atoms with Crippen molar-refractivity contribution >= 4 is 11.8 Å². The van der Waals surface area contributed by atoms with E-state index in [0.717, 1.165) is 46.5 Å². The van der Waals surface area contributed by atoms with Crippen LogP contribution in [0.4, 0.5) is 0 Å². The Bertz CT molecular complexity index is 1020. The van der Waals surface area contributed by atoms with Crippen LogP contribution < -0.4 is 5.32 Å². The smallest absolute Gasteiger partial charge is 0.336 e. The highest BCUT2D eigenvalue weighted by molar-refractivity contribution is 6.03. The Morgan fingerprint density at radius 1 is 1.03 bits per heavy atom. The van der Waals surface area contributed by atoms with Gasteiger partial charge in [0.25, 0.3) is 0 Å². The largest absolute Gasteiger partial charge is 0.462 e. The maximum absolute atomic E-state index is 13.2. The van der Waals surface area contributed by atoms with E-state index in [4.69, 9.17) is 4.74 Å². The van der Waals surface area contributed by atoms with Crippen LogP contribution in [0.3, 0.4) is 0 Å². The van der Waals surface area contributed by atoms with Gasteiger partial charge in [-0.3, -0.25) is 4.79 Å². The van der Waals surface area contributed by atoms with Crippen molar-refractivity contribution in [3.63, 3.8) is 0 Å². The highest BCUT2D eigenvalue weighted by Gasteiger charge is 2.38. The lowest BCUT2D eigenvalue weighted by molar-refractivity contribution is -0.139. The zero-order chi connectivity index (χ0) is 21.1. The highest BCUT2D eigenvalue weighted by atomic mass is 16.5. The average Bonchev–Trinajstić information content (AvgIpc) is 2.74. The molecule has 1 heterocycles. The molecule has 0 radical (unpaired) electrons. The van der Waals surface area contributed by atoms with Crippen molar-refractivity contribution in [1.82, 2.24) is 5.32 Å². The molecule has 4 nitrogen and oxygen atoms in total. The van der Waals surface area contributed by atoms with E-state index in [1.54, 1.807) is 0 Å². The first-order valence-electron chi connectivity index (χ1n) is 10.6. The van der Waals surface area contributed by atoms with Crippen LogP contribution in [-0.4, -0.2) is 18.4 Å². The first-order chi connectivity index (χ1) is 14.5. The van der Waals surface area contributed by atoms with E-state index in [9.17, 15) is 9.59 Å². The van der Waals surface area contributed by atoms with E-state index in [-0.39, 0.29) is 17.7 Å². The summed E-state index contributed by atoms with van der Waals surface area (Å²) < 4.78 is 5.68. The monoisotopic (exact) mass is 401 g/mol. The van der Waals surface area contributed by atoms with E-state index in [1.807, 2.05) is 68.4 Å². The Morgan fingerprint density at radius 2 is 1.77 bits per heavy atom. The Morgan fingerprint density at radius 3 is 2.50 bits per heavy atom. The third-order valence-electron chi connectivity index (χ3n) is 5.87. The summed E-state index contributed by atoms with van der Waals surface area (Å²) in [5, 5.41) is 3.34. The molecule has 0 spiro atoms. The van der Waals surface area contributed by atoms with E-state index >= 15 is 0 Å². The summed E-state index contributed by atoms with van der Waals surface area (Å²) in [6.45, 7) is 4.24. The SMILES string of the molecule is CC1=C(C(=O)OCCc2ccccc2)[C@@H](c2ccc(C)cc2)C2=C(CCCC2=O)N1. The lowest BCUT2D eigenvalue weighted by atomic mass is 9.75. The number of carbonyl (C=O) groups is 2. The van der Waals surface area contributed by atoms with Gasteiger partial charge in [0.05, 0.1) is 12.2 Å². The van der Waals surface area contributed by atoms with Gasteiger partial charge >= 0.3 is 5.97 Å². The fourth-order valence-electron chi connectivity index (χ4n) is 4.33. The number of ketones is 1. The topological polar surface area (TPSA) is 55.4 Å². The van der Waals surface area contributed by atoms with Gasteiger partial charge in [0, 0.05) is 35.7 Å². The number of ether oxygens (including phenoxy) is 1. The minimum atomic E-state index is -0.376. The molecule has 0 aromatic heterocycles. The van der Waals surface area contributed by atoms with Crippen molar-refractivity contribution < 1.29 is 14.3 Å². The number of carbonyl (C=O) groups excluding carboxylic acids is 2. The van der Waals surface area contributed by atoms with Crippen LogP contribution in [0.25, 0.3) is 0 Å². The van der Waals surface area contributed by atoms with Gasteiger partial charge in [-0.05, 0) is 37.8 Å².